The molecule has 3 N–H and O–H groups in total. The third kappa shape index (κ3) is 5.18. The molecule has 0 atom stereocenters. The number of rotatable bonds is 6. The van der Waals surface area contributed by atoms with E-state index in [1.165, 1.54) is 6.92 Å². The van der Waals surface area contributed by atoms with Crippen LogP contribution < -0.4 is 20.7 Å². The zero-order valence-electron chi connectivity index (χ0n) is 15.4. The molecule has 0 aliphatic heterocycles. The summed E-state index contributed by atoms with van der Waals surface area (Å²) < 4.78 is 5.17. The Labute approximate surface area is 157 Å². The molecule has 1 heterocycles. The molecule has 0 aliphatic carbocycles. The lowest BCUT2D eigenvalue weighted by Gasteiger charge is -2.11. The van der Waals surface area contributed by atoms with E-state index < -0.39 is 0 Å². The number of aryl methyl sites for hydroxylation is 1. The van der Waals surface area contributed by atoms with Gasteiger partial charge in [-0.15, -0.1) is 0 Å². The lowest BCUT2D eigenvalue weighted by atomic mass is 10.3. The number of methoxy groups -OCH3 is 1. The predicted octanol–water partition coefficient (Wildman–Crippen LogP) is 4.24. The molecule has 1 aromatic heterocycles. The van der Waals surface area contributed by atoms with E-state index in [0.29, 0.717) is 11.8 Å². The molecule has 0 fully saturated rings. The maximum atomic E-state index is 11.1. The van der Waals surface area contributed by atoms with Gasteiger partial charge in [-0.3, -0.25) is 4.79 Å². The smallest absolute Gasteiger partial charge is 0.229 e. The van der Waals surface area contributed by atoms with Crippen molar-refractivity contribution in [2.75, 3.05) is 23.1 Å². The number of nitrogens with zero attached hydrogens (tertiary/aromatic N) is 2. The Morgan fingerprint density at radius 2 is 1.48 bits per heavy atom. The number of benzene rings is 2. The minimum Gasteiger partial charge on any atom is -0.497 e. The van der Waals surface area contributed by atoms with Crippen molar-refractivity contribution in [3.8, 4) is 5.75 Å². The van der Waals surface area contributed by atoms with Gasteiger partial charge in [0, 0.05) is 35.7 Å². The highest BCUT2D eigenvalue weighted by molar-refractivity contribution is 5.88. The van der Waals surface area contributed by atoms with Crippen molar-refractivity contribution in [1.82, 2.24) is 9.97 Å². The topological polar surface area (TPSA) is 88.2 Å². The number of hydrogen-bond donors (Lipinski definition) is 3. The molecule has 3 aromatic rings. The lowest BCUT2D eigenvalue weighted by molar-refractivity contribution is -0.114. The summed E-state index contributed by atoms with van der Waals surface area (Å²) in [4.78, 5) is 20.0. The van der Waals surface area contributed by atoms with Crippen molar-refractivity contribution in [3.05, 3.63) is 60.3 Å². The molecular formula is C20H21N5O2. The highest BCUT2D eigenvalue weighted by atomic mass is 16.5. The first kappa shape index (κ1) is 18.2. The first-order valence-electron chi connectivity index (χ1n) is 8.43. The summed E-state index contributed by atoms with van der Waals surface area (Å²) in [5, 5.41) is 9.17. The summed E-state index contributed by atoms with van der Waals surface area (Å²) in [6, 6.07) is 16.8. The Kier molecular flexibility index (Phi) is 5.51. The maximum absolute atomic E-state index is 11.1. The number of carbonyl (C=O) groups excluding carboxylic acids is 1. The third-order valence-corrected chi connectivity index (χ3v) is 3.68. The van der Waals surface area contributed by atoms with E-state index >= 15 is 0 Å². The molecular weight excluding hydrogens is 342 g/mol. The molecule has 0 radical (unpaired) electrons. The minimum absolute atomic E-state index is 0.105. The van der Waals surface area contributed by atoms with Crippen molar-refractivity contribution in [3.63, 3.8) is 0 Å². The average Bonchev–Trinajstić information content (AvgIpc) is 2.63. The summed E-state index contributed by atoms with van der Waals surface area (Å²) in [5.41, 5.74) is 3.29. The van der Waals surface area contributed by atoms with Crippen LogP contribution in [0.15, 0.2) is 54.6 Å². The summed E-state index contributed by atoms with van der Waals surface area (Å²) in [5.74, 6) is 1.86. The number of ether oxygens (including phenoxy) is 1. The van der Waals surface area contributed by atoms with Crippen LogP contribution in [-0.2, 0) is 4.79 Å². The van der Waals surface area contributed by atoms with Gasteiger partial charge in [0.05, 0.1) is 7.11 Å². The van der Waals surface area contributed by atoms with E-state index in [1.54, 1.807) is 7.11 Å². The van der Waals surface area contributed by atoms with Crippen molar-refractivity contribution in [2.45, 2.75) is 13.8 Å². The standard InChI is InChI=1S/C20H21N5O2/c1-13-12-19(23-16-8-10-18(27-3)11-9-16)25-20(21-13)24-17-6-4-15(5-7-17)22-14(2)26/h4-12H,1-3H3,(H,22,26)(H2,21,23,24,25). The van der Waals surface area contributed by atoms with Crippen molar-refractivity contribution in [1.29, 1.82) is 0 Å². The quantitative estimate of drug-likeness (QED) is 0.607. The van der Waals surface area contributed by atoms with E-state index in [-0.39, 0.29) is 5.91 Å². The van der Waals surface area contributed by atoms with Crippen molar-refractivity contribution < 1.29 is 9.53 Å². The van der Waals surface area contributed by atoms with Gasteiger partial charge < -0.3 is 20.7 Å². The van der Waals surface area contributed by atoms with Crippen LogP contribution in [0.3, 0.4) is 0 Å². The van der Waals surface area contributed by atoms with Gasteiger partial charge in [-0.1, -0.05) is 0 Å². The third-order valence-electron chi connectivity index (χ3n) is 3.68. The Bertz CT molecular complexity index is 924. The second-order valence-electron chi connectivity index (χ2n) is 5.96. The summed E-state index contributed by atoms with van der Waals surface area (Å²) >= 11 is 0. The van der Waals surface area contributed by atoms with Gasteiger partial charge in [0.15, 0.2) is 0 Å². The second kappa shape index (κ2) is 8.18. The fraction of sp³-hybridized carbons (Fsp3) is 0.150. The van der Waals surface area contributed by atoms with Gasteiger partial charge in [-0.2, -0.15) is 4.98 Å². The Balaban J connectivity index is 1.73. The molecule has 0 saturated carbocycles. The van der Waals surface area contributed by atoms with Crippen LogP contribution in [0.2, 0.25) is 0 Å². The molecule has 0 unspecified atom stereocenters. The molecule has 2 aromatic carbocycles. The molecule has 0 aliphatic rings. The molecule has 0 spiro atoms. The average molecular weight is 363 g/mol. The van der Waals surface area contributed by atoms with E-state index in [4.69, 9.17) is 4.74 Å². The van der Waals surface area contributed by atoms with Crippen LogP contribution in [0.4, 0.5) is 28.8 Å². The zero-order valence-corrected chi connectivity index (χ0v) is 15.4. The summed E-state index contributed by atoms with van der Waals surface area (Å²) in [6.07, 6.45) is 0. The SMILES string of the molecule is COc1ccc(Nc2cc(C)nc(Nc3ccc(NC(C)=O)cc3)n2)cc1. The Hall–Kier alpha value is -3.61. The van der Waals surface area contributed by atoms with Crippen LogP contribution in [-0.4, -0.2) is 23.0 Å². The lowest BCUT2D eigenvalue weighted by Crippen LogP contribution is -2.06. The number of aromatic nitrogens is 2. The number of amides is 1. The fourth-order valence-electron chi connectivity index (χ4n) is 2.48. The molecule has 0 bridgehead atoms. The molecule has 1 amide bonds. The van der Waals surface area contributed by atoms with Crippen molar-refractivity contribution in [2.24, 2.45) is 0 Å². The first-order valence-corrected chi connectivity index (χ1v) is 8.43. The largest absolute Gasteiger partial charge is 0.497 e. The monoisotopic (exact) mass is 363 g/mol. The van der Waals surface area contributed by atoms with Crippen LogP contribution in [0, 0.1) is 6.92 Å². The first-order chi connectivity index (χ1) is 13.0. The Morgan fingerprint density at radius 1 is 0.889 bits per heavy atom. The van der Waals surface area contributed by atoms with Gasteiger partial charge in [0.1, 0.15) is 11.6 Å². The molecule has 7 nitrogen and oxygen atoms in total. The van der Waals surface area contributed by atoms with Gasteiger partial charge in [0.2, 0.25) is 11.9 Å². The van der Waals surface area contributed by atoms with E-state index in [0.717, 1.165) is 28.5 Å². The second-order valence-corrected chi connectivity index (χ2v) is 5.96. The van der Waals surface area contributed by atoms with Crippen LogP contribution in [0.1, 0.15) is 12.6 Å². The van der Waals surface area contributed by atoms with Gasteiger partial charge in [-0.25, -0.2) is 4.98 Å². The number of hydrogen-bond acceptors (Lipinski definition) is 6. The van der Waals surface area contributed by atoms with Gasteiger partial charge in [0.25, 0.3) is 0 Å². The molecule has 27 heavy (non-hydrogen) atoms. The van der Waals surface area contributed by atoms with E-state index in [9.17, 15) is 4.79 Å². The minimum atomic E-state index is -0.105. The maximum Gasteiger partial charge on any atom is 0.229 e. The number of carbonyl (C=O) groups is 1. The fourth-order valence-corrected chi connectivity index (χ4v) is 2.48. The highest BCUT2D eigenvalue weighted by Gasteiger charge is 2.05. The Morgan fingerprint density at radius 3 is 2.11 bits per heavy atom. The zero-order chi connectivity index (χ0) is 19.2. The molecule has 7 heteroatoms. The van der Waals surface area contributed by atoms with Crippen molar-refractivity contribution >= 4 is 34.7 Å². The molecule has 3 rings (SSSR count). The predicted molar refractivity (Wildman–Crippen MR) is 107 cm³/mol. The number of nitrogens with one attached hydrogen (secondary N) is 3. The van der Waals surface area contributed by atoms with Gasteiger partial charge in [-0.05, 0) is 55.5 Å². The van der Waals surface area contributed by atoms with E-state index in [2.05, 4.69) is 25.9 Å². The number of anilines is 5. The summed E-state index contributed by atoms with van der Waals surface area (Å²) in [7, 11) is 1.64. The molecule has 0 saturated heterocycles. The summed E-state index contributed by atoms with van der Waals surface area (Å²) in [6.45, 7) is 3.38. The van der Waals surface area contributed by atoms with Gasteiger partial charge >= 0.3 is 0 Å². The molecule has 138 valence electrons. The van der Waals surface area contributed by atoms with E-state index in [1.807, 2.05) is 61.5 Å². The van der Waals surface area contributed by atoms with Crippen LogP contribution in [0.5, 0.6) is 5.75 Å². The van der Waals surface area contributed by atoms with Crippen LogP contribution in [0.25, 0.3) is 0 Å². The highest BCUT2D eigenvalue weighted by Crippen LogP contribution is 2.22. The van der Waals surface area contributed by atoms with Crippen LogP contribution >= 0.6 is 0 Å². The normalized spacial score (nSPS) is 10.2.